The van der Waals surface area contributed by atoms with Crippen molar-refractivity contribution < 1.29 is 29.4 Å². The van der Waals surface area contributed by atoms with Crippen LogP contribution < -0.4 is 15.8 Å². The number of hydrogen-bond donors (Lipinski definition) is 3. The third-order valence-electron chi connectivity index (χ3n) is 7.62. The summed E-state index contributed by atoms with van der Waals surface area (Å²) in [6, 6.07) is 9.18. The fraction of sp³-hybridized carbons (Fsp3) is 0.357. The Morgan fingerprint density at radius 3 is 2.88 bits per heavy atom. The number of aromatic nitrogens is 5. The van der Waals surface area contributed by atoms with Crippen molar-refractivity contribution in [2.45, 2.75) is 64.5 Å². The number of hydrogen-bond acceptors (Lipinski definition) is 10. The number of hydroxylamine groups is 1. The third-order valence-corrected chi connectivity index (χ3v) is 7.62. The Labute approximate surface area is 233 Å². The summed E-state index contributed by atoms with van der Waals surface area (Å²) in [7, 11) is 0. The fourth-order valence-electron chi connectivity index (χ4n) is 5.34. The second-order valence-electron chi connectivity index (χ2n) is 10.2. The van der Waals surface area contributed by atoms with E-state index in [2.05, 4.69) is 10.3 Å². The molecule has 212 valence electrons. The lowest BCUT2D eigenvalue weighted by Gasteiger charge is -2.31. The zero-order valence-corrected chi connectivity index (χ0v) is 22.3. The van der Waals surface area contributed by atoms with E-state index in [1.54, 1.807) is 40.0 Å². The van der Waals surface area contributed by atoms with E-state index < -0.39 is 17.5 Å². The highest BCUT2D eigenvalue weighted by molar-refractivity contribution is 5.87. The summed E-state index contributed by atoms with van der Waals surface area (Å²) in [5.41, 5.74) is 3.44. The van der Waals surface area contributed by atoms with Crippen LogP contribution in [0.15, 0.2) is 41.3 Å². The summed E-state index contributed by atoms with van der Waals surface area (Å²) in [6.45, 7) is 2.63. The largest absolute Gasteiger partial charge is 0.487 e. The molecule has 13 nitrogen and oxygen atoms in total. The molecule has 41 heavy (non-hydrogen) atoms. The fourth-order valence-corrected chi connectivity index (χ4v) is 5.34. The Balaban J connectivity index is 1.19. The van der Waals surface area contributed by atoms with Crippen LogP contribution in [0.25, 0.3) is 22.3 Å². The molecule has 5 heterocycles. The summed E-state index contributed by atoms with van der Waals surface area (Å²) < 4.78 is 14.4. The van der Waals surface area contributed by atoms with Gasteiger partial charge in [-0.25, -0.2) is 15.3 Å². The van der Waals surface area contributed by atoms with Crippen molar-refractivity contribution in [3.05, 3.63) is 69.3 Å². The Kier molecular flexibility index (Phi) is 6.75. The van der Waals surface area contributed by atoms with E-state index in [9.17, 15) is 19.5 Å². The van der Waals surface area contributed by atoms with Gasteiger partial charge in [0, 0.05) is 29.5 Å². The first-order chi connectivity index (χ1) is 19.8. The van der Waals surface area contributed by atoms with Gasteiger partial charge in [0.25, 0.3) is 5.56 Å². The molecule has 0 bridgehead atoms. The minimum atomic E-state index is -1.86. The molecule has 0 fully saturated rings. The van der Waals surface area contributed by atoms with Crippen LogP contribution >= 0.6 is 0 Å². The number of rotatable bonds is 9. The van der Waals surface area contributed by atoms with Crippen LogP contribution in [-0.4, -0.2) is 46.7 Å². The lowest BCUT2D eigenvalue weighted by molar-refractivity contribution is -0.172. The molecule has 4 aromatic rings. The molecule has 1 atom stereocenters. The molecular weight excluding hydrogens is 532 g/mol. The average molecular weight is 561 g/mol. The van der Waals surface area contributed by atoms with Crippen LogP contribution in [0.5, 0.6) is 5.75 Å². The first kappa shape index (κ1) is 26.6. The van der Waals surface area contributed by atoms with E-state index in [4.69, 9.17) is 19.7 Å². The van der Waals surface area contributed by atoms with E-state index >= 15 is 0 Å². The number of ether oxygens (including phenoxy) is 2. The van der Waals surface area contributed by atoms with Crippen LogP contribution in [0.3, 0.4) is 0 Å². The van der Waals surface area contributed by atoms with E-state index in [0.29, 0.717) is 54.3 Å². The van der Waals surface area contributed by atoms with E-state index in [1.165, 1.54) is 0 Å². The summed E-state index contributed by atoms with van der Waals surface area (Å²) in [4.78, 5) is 41.6. The normalized spacial score (nSPS) is 17.1. The Morgan fingerprint density at radius 1 is 1.22 bits per heavy atom. The number of amides is 1. The Morgan fingerprint density at radius 2 is 2.07 bits per heavy atom. The monoisotopic (exact) mass is 560 g/mol. The molecule has 3 N–H and O–H groups in total. The number of nitrogens with zero attached hydrogens (tertiary/aromatic N) is 5. The van der Waals surface area contributed by atoms with Crippen molar-refractivity contribution in [2.24, 2.45) is 0 Å². The first-order valence-corrected chi connectivity index (χ1v) is 13.4. The van der Waals surface area contributed by atoms with Crippen molar-refractivity contribution >= 4 is 22.8 Å². The number of fused-ring (bicyclic) bond motifs is 5. The van der Waals surface area contributed by atoms with Crippen molar-refractivity contribution in [3.8, 4) is 17.1 Å². The lowest BCUT2D eigenvalue weighted by Crippen LogP contribution is -2.44. The number of nitrogens with one attached hydrogen (secondary N) is 1. The van der Waals surface area contributed by atoms with Gasteiger partial charge in [0.1, 0.15) is 24.7 Å². The quantitative estimate of drug-likeness (QED) is 0.105. The molecule has 2 aliphatic rings. The average Bonchev–Trinajstić information content (AvgIpc) is 3.59. The second kappa shape index (κ2) is 10.4. The number of aliphatic hydroxyl groups is 1. The van der Waals surface area contributed by atoms with Crippen LogP contribution in [-0.2, 0) is 46.2 Å². The second-order valence-corrected chi connectivity index (χ2v) is 10.2. The summed E-state index contributed by atoms with van der Waals surface area (Å²) >= 11 is 0. The zero-order valence-electron chi connectivity index (χ0n) is 22.3. The number of benzene rings is 1. The maximum Gasteiger partial charge on any atom is 0.343 e. The lowest BCUT2D eigenvalue weighted by atomic mass is 9.86. The predicted molar refractivity (Wildman–Crippen MR) is 143 cm³/mol. The maximum atomic E-state index is 13.3. The van der Waals surface area contributed by atoms with Crippen LogP contribution in [0.2, 0.25) is 0 Å². The molecule has 0 saturated carbocycles. The Hall–Kier alpha value is -4.62. The molecule has 0 aliphatic carbocycles. The van der Waals surface area contributed by atoms with Gasteiger partial charge in [-0.15, -0.1) is 5.10 Å². The SMILES string of the molecule is CC[C@@]1(O)C(=O)OCc2c1cc1n(c2=O)Cc2cc3cc(OCc4cn(CCCCC(=O)NO)nn4)ccc3nc2-1. The van der Waals surface area contributed by atoms with Crippen LogP contribution in [0, 0.1) is 0 Å². The number of aryl methyl sites for hydroxylation is 1. The zero-order chi connectivity index (χ0) is 28.7. The molecule has 1 aromatic carbocycles. The Bertz CT molecular complexity index is 1750. The third kappa shape index (κ3) is 4.72. The van der Waals surface area contributed by atoms with E-state index in [-0.39, 0.29) is 42.7 Å². The van der Waals surface area contributed by atoms with Crippen LogP contribution in [0.1, 0.15) is 55.0 Å². The number of carbonyl (C=O) groups excluding carboxylic acids is 2. The summed E-state index contributed by atoms with van der Waals surface area (Å²) in [6.07, 6.45) is 3.44. The maximum absolute atomic E-state index is 13.3. The van der Waals surface area contributed by atoms with Crippen molar-refractivity contribution in [1.29, 1.82) is 0 Å². The van der Waals surface area contributed by atoms with Gasteiger partial charge in [-0.3, -0.25) is 19.5 Å². The van der Waals surface area contributed by atoms with Gasteiger partial charge in [-0.1, -0.05) is 12.1 Å². The number of esters is 1. The highest BCUT2D eigenvalue weighted by Gasteiger charge is 2.45. The molecule has 3 aromatic heterocycles. The smallest absolute Gasteiger partial charge is 0.343 e. The predicted octanol–water partition coefficient (Wildman–Crippen LogP) is 1.93. The molecule has 0 saturated heterocycles. The highest BCUT2D eigenvalue weighted by atomic mass is 16.6. The molecule has 6 rings (SSSR count). The van der Waals surface area contributed by atoms with E-state index in [1.807, 2.05) is 18.2 Å². The number of unbranched alkanes of at least 4 members (excludes halogenated alkanes) is 1. The summed E-state index contributed by atoms with van der Waals surface area (Å²) in [5, 5.41) is 28.6. The van der Waals surface area contributed by atoms with Gasteiger partial charge in [0.2, 0.25) is 5.91 Å². The van der Waals surface area contributed by atoms with Crippen molar-refractivity contribution in [1.82, 2.24) is 30.0 Å². The number of carbonyl (C=O) groups is 2. The van der Waals surface area contributed by atoms with Crippen molar-refractivity contribution in [3.63, 3.8) is 0 Å². The topological polar surface area (TPSA) is 171 Å². The molecule has 2 aliphatic heterocycles. The van der Waals surface area contributed by atoms with Crippen LogP contribution in [0.4, 0.5) is 0 Å². The molecule has 13 heteroatoms. The van der Waals surface area contributed by atoms with Gasteiger partial charge in [-0.05, 0) is 49.6 Å². The molecule has 1 amide bonds. The summed E-state index contributed by atoms with van der Waals surface area (Å²) in [5.74, 6) is -0.542. The number of cyclic esters (lactones) is 1. The highest BCUT2D eigenvalue weighted by Crippen LogP contribution is 2.38. The van der Waals surface area contributed by atoms with Gasteiger partial charge in [0.15, 0.2) is 5.60 Å². The van der Waals surface area contributed by atoms with E-state index in [0.717, 1.165) is 10.9 Å². The molecule has 0 spiro atoms. The van der Waals surface area contributed by atoms with Gasteiger partial charge in [-0.2, -0.15) is 0 Å². The molecule has 0 unspecified atom stereocenters. The molecular formula is C28H28N6O7. The van der Waals surface area contributed by atoms with Gasteiger partial charge in [0.05, 0.1) is 35.2 Å². The van der Waals surface area contributed by atoms with Gasteiger partial charge < -0.3 is 19.1 Å². The molecule has 0 radical (unpaired) electrons. The minimum absolute atomic E-state index is 0.0876. The minimum Gasteiger partial charge on any atom is -0.487 e. The standard InChI is InChI=1S/C28H28N6O7/c1-2-28(38)21-11-23-25-17(12-34(23)26(36)20(21)15-41-27(28)37)9-16-10-19(6-7-22(16)29-25)40-14-18-13-33(32-30-18)8-4-3-5-24(35)31-39/h6-7,9-11,13,38-39H,2-5,8,12,14-15H2,1H3,(H,31,35)/t28-/m0/s1. The van der Waals surface area contributed by atoms with Crippen molar-refractivity contribution in [2.75, 3.05) is 0 Å². The van der Waals surface area contributed by atoms with Gasteiger partial charge >= 0.3 is 5.97 Å². The first-order valence-electron chi connectivity index (χ1n) is 13.4. The number of pyridine rings is 2.